The zero-order valence-corrected chi connectivity index (χ0v) is 13.5. The number of hydrogen-bond donors (Lipinski definition) is 0. The van der Waals surface area contributed by atoms with E-state index in [1.807, 2.05) is 6.07 Å². The van der Waals surface area contributed by atoms with Crippen molar-refractivity contribution in [2.24, 2.45) is 0 Å². The SMILES string of the molecule is Clc1cc(Br)ccc1CN1CCN2CCCCC2C1. The normalized spacial score (nSPS) is 25.3. The van der Waals surface area contributed by atoms with Crippen LogP contribution in [-0.4, -0.2) is 42.0 Å². The molecule has 0 aromatic heterocycles. The molecule has 1 aromatic rings. The highest BCUT2D eigenvalue weighted by molar-refractivity contribution is 9.10. The van der Waals surface area contributed by atoms with Gasteiger partial charge in [0.05, 0.1) is 0 Å². The van der Waals surface area contributed by atoms with Crippen LogP contribution in [-0.2, 0) is 6.54 Å². The molecule has 1 aromatic carbocycles. The Kier molecular flexibility index (Phi) is 4.47. The summed E-state index contributed by atoms with van der Waals surface area (Å²) in [4.78, 5) is 5.23. The molecule has 4 heteroatoms. The van der Waals surface area contributed by atoms with E-state index in [1.54, 1.807) is 0 Å². The number of piperidine rings is 1. The largest absolute Gasteiger partial charge is 0.298 e. The molecule has 0 amide bonds. The van der Waals surface area contributed by atoms with E-state index in [2.05, 4.69) is 37.9 Å². The summed E-state index contributed by atoms with van der Waals surface area (Å²) in [5, 5.41) is 0.875. The summed E-state index contributed by atoms with van der Waals surface area (Å²) in [6.07, 6.45) is 4.15. The van der Waals surface area contributed by atoms with Crippen LogP contribution in [0, 0.1) is 0 Å². The van der Waals surface area contributed by atoms with Crippen molar-refractivity contribution in [1.29, 1.82) is 0 Å². The van der Waals surface area contributed by atoms with Gasteiger partial charge in [0, 0.05) is 41.7 Å². The molecule has 2 heterocycles. The van der Waals surface area contributed by atoms with Gasteiger partial charge in [0.2, 0.25) is 0 Å². The quantitative estimate of drug-likeness (QED) is 0.806. The topological polar surface area (TPSA) is 6.48 Å². The fraction of sp³-hybridized carbons (Fsp3) is 0.600. The Hall–Kier alpha value is -0.0900. The van der Waals surface area contributed by atoms with Gasteiger partial charge in [0.15, 0.2) is 0 Å². The smallest absolute Gasteiger partial charge is 0.0462 e. The Labute approximate surface area is 128 Å². The molecule has 2 saturated heterocycles. The molecule has 1 atom stereocenters. The van der Waals surface area contributed by atoms with Crippen LogP contribution in [0.25, 0.3) is 0 Å². The van der Waals surface area contributed by atoms with Crippen LogP contribution in [0.3, 0.4) is 0 Å². The highest BCUT2D eigenvalue weighted by Crippen LogP contribution is 2.25. The highest BCUT2D eigenvalue weighted by Gasteiger charge is 2.28. The molecular formula is C15H20BrClN2. The van der Waals surface area contributed by atoms with E-state index in [9.17, 15) is 0 Å². The maximum Gasteiger partial charge on any atom is 0.0462 e. The second kappa shape index (κ2) is 6.13. The predicted octanol–water partition coefficient (Wildman–Crippen LogP) is 3.77. The lowest BCUT2D eigenvalue weighted by Gasteiger charge is -2.44. The molecule has 2 nitrogen and oxygen atoms in total. The third-order valence-corrected chi connectivity index (χ3v) is 5.18. The molecule has 3 rings (SSSR count). The summed E-state index contributed by atoms with van der Waals surface area (Å²) in [5.74, 6) is 0. The molecule has 0 spiro atoms. The first kappa shape index (κ1) is 13.9. The van der Waals surface area contributed by atoms with Gasteiger partial charge in [-0.05, 0) is 37.1 Å². The molecular weight excluding hydrogens is 324 g/mol. The van der Waals surface area contributed by atoms with Crippen molar-refractivity contribution in [3.63, 3.8) is 0 Å². The van der Waals surface area contributed by atoms with Crippen molar-refractivity contribution < 1.29 is 0 Å². The summed E-state index contributed by atoms with van der Waals surface area (Å²) in [6, 6.07) is 6.99. The number of hydrogen-bond acceptors (Lipinski definition) is 2. The van der Waals surface area contributed by atoms with Gasteiger partial charge < -0.3 is 0 Å². The van der Waals surface area contributed by atoms with Gasteiger partial charge in [-0.25, -0.2) is 0 Å². The van der Waals surface area contributed by atoms with Gasteiger partial charge in [-0.1, -0.05) is 40.0 Å². The van der Waals surface area contributed by atoms with Crippen molar-refractivity contribution in [3.05, 3.63) is 33.3 Å². The molecule has 19 heavy (non-hydrogen) atoms. The van der Waals surface area contributed by atoms with Crippen molar-refractivity contribution in [3.8, 4) is 0 Å². The first-order chi connectivity index (χ1) is 9.22. The molecule has 0 saturated carbocycles. The van der Waals surface area contributed by atoms with Crippen molar-refractivity contribution in [2.75, 3.05) is 26.2 Å². The predicted molar refractivity (Wildman–Crippen MR) is 83.6 cm³/mol. The van der Waals surface area contributed by atoms with Crippen LogP contribution in [0.4, 0.5) is 0 Å². The minimum Gasteiger partial charge on any atom is -0.298 e. The van der Waals surface area contributed by atoms with Gasteiger partial charge in [-0.2, -0.15) is 0 Å². The van der Waals surface area contributed by atoms with Crippen molar-refractivity contribution >= 4 is 27.5 Å². The van der Waals surface area contributed by atoms with E-state index in [0.717, 1.165) is 22.1 Å². The Balaban J connectivity index is 1.64. The fourth-order valence-electron chi connectivity index (χ4n) is 3.25. The Bertz CT molecular complexity index is 452. The summed E-state index contributed by atoms with van der Waals surface area (Å²) >= 11 is 9.78. The number of piperazine rings is 1. The van der Waals surface area contributed by atoms with E-state index < -0.39 is 0 Å². The van der Waals surface area contributed by atoms with Crippen LogP contribution in [0.5, 0.6) is 0 Å². The average molecular weight is 344 g/mol. The van der Waals surface area contributed by atoms with E-state index in [-0.39, 0.29) is 0 Å². The average Bonchev–Trinajstić information content (AvgIpc) is 2.42. The van der Waals surface area contributed by atoms with Crippen LogP contribution >= 0.6 is 27.5 Å². The fourth-order valence-corrected chi connectivity index (χ4v) is 3.99. The second-order valence-corrected chi connectivity index (χ2v) is 6.98. The van der Waals surface area contributed by atoms with E-state index in [0.29, 0.717) is 0 Å². The molecule has 0 aliphatic carbocycles. The lowest BCUT2D eigenvalue weighted by atomic mass is 9.99. The molecule has 0 bridgehead atoms. The standard InChI is InChI=1S/C15H20BrClN2/c16-13-5-4-12(15(17)9-13)10-18-7-8-19-6-2-1-3-14(19)11-18/h4-5,9,14H,1-3,6-8,10-11H2. The molecule has 1 unspecified atom stereocenters. The van der Waals surface area contributed by atoms with Gasteiger partial charge in [0.25, 0.3) is 0 Å². The van der Waals surface area contributed by atoms with Crippen LogP contribution in [0.2, 0.25) is 5.02 Å². The molecule has 0 radical (unpaired) electrons. The minimum atomic E-state index is 0.775. The summed E-state index contributed by atoms with van der Waals surface area (Å²) in [5.41, 5.74) is 1.24. The Morgan fingerprint density at radius 1 is 1.21 bits per heavy atom. The van der Waals surface area contributed by atoms with Gasteiger partial charge in [-0.3, -0.25) is 9.80 Å². The van der Waals surface area contributed by atoms with Gasteiger partial charge >= 0.3 is 0 Å². The van der Waals surface area contributed by atoms with Gasteiger partial charge in [-0.15, -0.1) is 0 Å². The minimum absolute atomic E-state index is 0.775. The maximum atomic E-state index is 6.32. The summed E-state index contributed by atoms with van der Waals surface area (Å²) in [7, 11) is 0. The third kappa shape index (κ3) is 3.33. The van der Waals surface area contributed by atoms with Crippen molar-refractivity contribution in [1.82, 2.24) is 9.80 Å². The molecule has 2 aliphatic heterocycles. The Morgan fingerprint density at radius 2 is 2.11 bits per heavy atom. The number of benzene rings is 1. The van der Waals surface area contributed by atoms with E-state index in [1.165, 1.54) is 51.0 Å². The van der Waals surface area contributed by atoms with Gasteiger partial charge in [0.1, 0.15) is 0 Å². The molecule has 2 fully saturated rings. The summed E-state index contributed by atoms with van der Waals surface area (Å²) < 4.78 is 1.05. The summed E-state index contributed by atoms with van der Waals surface area (Å²) in [6.45, 7) is 5.88. The zero-order valence-electron chi connectivity index (χ0n) is 11.1. The monoisotopic (exact) mass is 342 g/mol. The first-order valence-corrected chi connectivity index (χ1v) is 8.30. The van der Waals surface area contributed by atoms with E-state index >= 15 is 0 Å². The lowest BCUT2D eigenvalue weighted by Crippen LogP contribution is -2.54. The first-order valence-electron chi connectivity index (χ1n) is 7.13. The molecule has 2 aliphatic rings. The van der Waals surface area contributed by atoms with Crippen LogP contribution in [0.15, 0.2) is 22.7 Å². The molecule has 104 valence electrons. The Morgan fingerprint density at radius 3 is 2.95 bits per heavy atom. The van der Waals surface area contributed by atoms with E-state index in [4.69, 9.17) is 11.6 Å². The molecule has 0 N–H and O–H groups in total. The number of halogens is 2. The third-order valence-electron chi connectivity index (χ3n) is 4.33. The number of rotatable bonds is 2. The highest BCUT2D eigenvalue weighted by atomic mass is 79.9. The lowest BCUT2D eigenvalue weighted by molar-refractivity contribution is 0.0457. The number of nitrogens with zero attached hydrogens (tertiary/aromatic N) is 2. The van der Waals surface area contributed by atoms with Crippen LogP contribution < -0.4 is 0 Å². The zero-order chi connectivity index (χ0) is 13.2. The number of fused-ring (bicyclic) bond motifs is 1. The maximum absolute atomic E-state index is 6.32. The van der Waals surface area contributed by atoms with Crippen molar-refractivity contribution in [2.45, 2.75) is 31.8 Å². The second-order valence-electron chi connectivity index (χ2n) is 5.66. The van der Waals surface area contributed by atoms with Crippen LogP contribution in [0.1, 0.15) is 24.8 Å².